The van der Waals surface area contributed by atoms with Crippen LogP contribution in [0.2, 0.25) is 0 Å². The van der Waals surface area contributed by atoms with Crippen molar-refractivity contribution in [1.29, 1.82) is 0 Å². The molecule has 3 heteroatoms. The highest BCUT2D eigenvalue weighted by molar-refractivity contribution is 5.40. The van der Waals surface area contributed by atoms with Crippen molar-refractivity contribution >= 4 is 0 Å². The quantitative estimate of drug-likeness (QED) is 0.517. The van der Waals surface area contributed by atoms with E-state index in [9.17, 15) is 0 Å². The van der Waals surface area contributed by atoms with Gasteiger partial charge in [0.2, 0.25) is 0 Å². The van der Waals surface area contributed by atoms with Crippen LogP contribution < -0.4 is 14.8 Å². The van der Waals surface area contributed by atoms with Gasteiger partial charge in [-0.3, -0.25) is 0 Å². The third-order valence-corrected chi connectivity index (χ3v) is 2.95. The van der Waals surface area contributed by atoms with Gasteiger partial charge in [0.25, 0.3) is 0 Å². The topological polar surface area (TPSA) is 30.5 Å². The van der Waals surface area contributed by atoms with Crippen molar-refractivity contribution in [2.24, 2.45) is 0 Å². The predicted molar refractivity (Wildman–Crippen MR) is 79.9 cm³/mol. The summed E-state index contributed by atoms with van der Waals surface area (Å²) >= 11 is 0. The van der Waals surface area contributed by atoms with Crippen LogP contribution in [0.4, 0.5) is 0 Å². The van der Waals surface area contributed by atoms with Gasteiger partial charge in [-0.15, -0.1) is 6.58 Å². The molecule has 0 amide bonds. The molecule has 0 aliphatic carbocycles. The predicted octanol–water partition coefficient (Wildman–Crippen LogP) is 3.54. The van der Waals surface area contributed by atoms with Crippen LogP contribution in [0.5, 0.6) is 11.5 Å². The summed E-state index contributed by atoms with van der Waals surface area (Å²) < 4.78 is 11.1. The van der Waals surface area contributed by atoms with E-state index in [1.165, 1.54) is 12.8 Å². The number of hydrogen-bond acceptors (Lipinski definition) is 3. The highest BCUT2D eigenvalue weighted by Crippen LogP contribution is 2.25. The first-order valence-corrected chi connectivity index (χ1v) is 6.87. The number of benzene rings is 1. The fraction of sp³-hybridized carbons (Fsp3) is 0.500. The largest absolute Gasteiger partial charge is 0.497 e. The number of methoxy groups -OCH3 is 1. The van der Waals surface area contributed by atoms with Crippen molar-refractivity contribution < 1.29 is 9.47 Å². The third-order valence-electron chi connectivity index (χ3n) is 2.95. The van der Waals surface area contributed by atoms with Crippen LogP contribution in [0, 0.1) is 0 Å². The highest BCUT2D eigenvalue weighted by atomic mass is 16.5. The lowest BCUT2D eigenvalue weighted by atomic mass is 10.2. The fourth-order valence-corrected chi connectivity index (χ4v) is 1.88. The minimum absolute atomic E-state index is 0.751. The molecule has 19 heavy (non-hydrogen) atoms. The van der Waals surface area contributed by atoms with Crippen molar-refractivity contribution in [2.75, 3.05) is 20.8 Å². The van der Waals surface area contributed by atoms with E-state index >= 15 is 0 Å². The van der Waals surface area contributed by atoms with E-state index in [-0.39, 0.29) is 0 Å². The summed E-state index contributed by atoms with van der Waals surface area (Å²) in [6.45, 7) is 5.28. The summed E-state index contributed by atoms with van der Waals surface area (Å²) in [7, 11) is 3.61. The monoisotopic (exact) mass is 263 g/mol. The molecule has 0 saturated carbocycles. The van der Waals surface area contributed by atoms with Gasteiger partial charge in [-0.25, -0.2) is 0 Å². The molecule has 0 aliphatic heterocycles. The van der Waals surface area contributed by atoms with E-state index in [1.807, 2.05) is 31.3 Å². The lowest BCUT2D eigenvalue weighted by molar-refractivity contribution is 0.299. The number of rotatable bonds is 10. The number of unbranched alkanes of at least 4 members (excludes halogenated alkanes) is 3. The fourth-order valence-electron chi connectivity index (χ4n) is 1.88. The maximum absolute atomic E-state index is 5.87. The molecule has 1 N–H and O–H groups in total. The highest BCUT2D eigenvalue weighted by Gasteiger charge is 2.05. The van der Waals surface area contributed by atoms with E-state index in [0.29, 0.717) is 0 Å². The number of allylic oxidation sites excluding steroid dienone is 1. The summed E-state index contributed by atoms with van der Waals surface area (Å²) in [5.41, 5.74) is 1.16. The van der Waals surface area contributed by atoms with E-state index in [0.717, 1.165) is 43.1 Å². The molecule has 0 heterocycles. The molecule has 0 radical (unpaired) electrons. The van der Waals surface area contributed by atoms with Crippen LogP contribution in [0.25, 0.3) is 0 Å². The Morgan fingerprint density at radius 1 is 1.26 bits per heavy atom. The van der Waals surface area contributed by atoms with Crippen LogP contribution in [-0.2, 0) is 6.54 Å². The van der Waals surface area contributed by atoms with E-state index < -0.39 is 0 Å². The molecule has 1 aromatic rings. The minimum atomic E-state index is 0.751. The van der Waals surface area contributed by atoms with Gasteiger partial charge in [-0.05, 0) is 38.8 Å². The van der Waals surface area contributed by atoms with Gasteiger partial charge in [0.05, 0.1) is 13.7 Å². The van der Waals surface area contributed by atoms with Gasteiger partial charge in [0, 0.05) is 18.2 Å². The Bertz CT molecular complexity index is 377. The summed E-state index contributed by atoms with van der Waals surface area (Å²) in [6.07, 6.45) is 6.49. The van der Waals surface area contributed by atoms with Gasteiger partial charge in [-0.2, -0.15) is 0 Å². The van der Waals surface area contributed by atoms with Gasteiger partial charge in [0.15, 0.2) is 0 Å². The number of hydrogen-bond donors (Lipinski definition) is 1. The molecule has 3 nitrogen and oxygen atoms in total. The Hall–Kier alpha value is -1.48. The first kappa shape index (κ1) is 15.6. The number of nitrogens with one attached hydrogen (secondary N) is 1. The van der Waals surface area contributed by atoms with Gasteiger partial charge < -0.3 is 14.8 Å². The molecule has 0 aliphatic rings. The van der Waals surface area contributed by atoms with Crippen molar-refractivity contribution in [3.63, 3.8) is 0 Å². The molecule has 0 atom stereocenters. The summed E-state index contributed by atoms with van der Waals surface area (Å²) in [6, 6.07) is 5.96. The molecular formula is C16H25NO2. The zero-order valence-corrected chi connectivity index (χ0v) is 12.1. The van der Waals surface area contributed by atoms with E-state index in [4.69, 9.17) is 9.47 Å². The van der Waals surface area contributed by atoms with Crippen LogP contribution in [0.15, 0.2) is 30.9 Å². The zero-order valence-electron chi connectivity index (χ0n) is 12.1. The van der Waals surface area contributed by atoms with Gasteiger partial charge >= 0.3 is 0 Å². The molecule has 106 valence electrons. The molecular weight excluding hydrogens is 238 g/mol. The van der Waals surface area contributed by atoms with Crippen LogP contribution in [0.1, 0.15) is 31.2 Å². The molecule has 0 aromatic heterocycles. The molecule has 0 bridgehead atoms. The van der Waals surface area contributed by atoms with E-state index in [1.54, 1.807) is 7.11 Å². The molecule has 0 saturated heterocycles. The van der Waals surface area contributed by atoms with Crippen molar-refractivity contribution in [3.8, 4) is 11.5 Å². The molecule has 0 unspecified atom stereocenters. The van der Waals surface area contributed by atoms with Crippen LogP contribution in [0.3, 0.4) is 0 Å². The lowest BCUT2D eigenvalue weighted by Crippen LogP contribution is -2.08. The Morgan fingerprint density at radius 2 is 2.11 bits per heavy atom. The Balaban J connectivity index is 2.47. The maximum Gasteiger partial charge on any atom is 0.127 e. The normalized spacial score (nSPS) is 10.2. The van der Waals surface area contributed by atoms with Crippen molar-refractivity contribution in [3.05, 3.63) is 36.4 Å². The van der Waals surface area contributed by atoms with Crippen molar-refractivity contribution in [1.82, 2.24) is 5.32 Å². The van der Waals surface area contributed by atoms with E-state index in [2.05, 4.69) is 11.9 Å². The van der Waals surface area contributed by atoms with Gasteiger partial charge in [0.1, 0.15) is 11.5 Å². The SMILES string of the molecule is C=CCCCCCOc1cc(OC)ccc1CNC. The minimum Gasteiger partial charge on any atom is -0.497 e. The summed E-state index contributed by atoms with van der Waals surface area (Å²) in [4.78, 5) is 0. The Kier molecular flexibility index (Phi) is 7.75. The average Bonchev–Trinajstić information content (AvgIpc) is 2.44. The Morgan fingerprint density at radius 3 is 2.79 bits per heavy atom. The summed E-state index contributed by atoms with van der Waals surface area (Å²) in [5, 5.41) is 3.15. The maximum atomic E-state index is 5.87. The first-order valence-electron chi connectivity index (χ1n) is 6.87. The summed E-state index contributed by atoms with van der Waals surface area (Å²) in [5.74, 6) is 1.75. The molecule has 0 fully saturated rings. The van der Waals surface area contributed by atoms with Gasteiger partial charge in [-0.1, -0.05) is 12.1 Å². The smallest absolute Gasteiger partial charge is 0.127 e. The molecule has 1 rings (SSSR count). The lowest BCUT2D eigenvalue weighted by Gasteiger charge is -2.12. The zero-order chi connectivity index (χ0) is 13.9. The van der Waals surface area contributed by atoms with Crippen LogP contribution in [-0.4, -0.2) is 20.8 Å². The molecule has 1 aromatic carbocycles. The second kappa shape index (κ2) is 9.45. The standard InChI is InChI=1S/C16H25NO2/c1-4-5-6-7-8-11-19-16-12-15(18-3)10-9-14(16)13-17-2/h4,9-10,12,17H,1,5-8,11,13H2,2-3H3. The average molecular weight is 263 g/mol. The first-order chi connectivity index (χ1) is 9.31. The van der Waals surface area contributed by atoms with Crippen LogP contribution >= 0.6 is 0 Å². The molecule has 0 spiro atoms. The van der Waals surface area contributed by atoms with Crippen molar-refractivity contribution in [2.45, 2.75) is 32.2 Å². The number of ether oxygens (including phenoxy) is 2. The third kappa shape index (κ3) is 5.79. The second-order valence-corrected chi connectivity index (χ2v) is 4.49. The Labute approximate surface area is 116 Å². The second-order valence-electron chi connectivity index (χ2n) is 4.49.